The second kappa shape index (κ2) is 8.64. The molecule has 1 nitrogen and oxygen atoms in total. The van der Waals surface area contributed by atoms with Crippen molar-refractivity contribution in [2.45, 2.75) is 75.5 Å². The average molecular weight is 265 g/mol. The summed E-state index contributed by atoms with van der Waals surface area (Å²) in [5.41, 5.74) is 2.27. The van der Waals surface area contributed by atoms with Crippen molar-refractivity contribution in [1.82, 2.24) is 5.23 Å². The summed E-state index contributed by atoms with van der Waals surface area (Å²) in [4.78, 5) is 0. The van der Waals surface area contributed by atoms with Crippen LogP contribution in [0, 0.1) is 0 Å². The molecule has 0 radical (unpaired) electrons. The zero-order chi connectivity index (χ0) is 12.6. The van der Waals surface area contributed by atoms with Crippen LogP contribution in [0.15, 0.2) is 0 Å². The molecular weight excluding hydrogens is 235 g/mol. The lowest BCUT2D eigenvalue weighted by Crippen LogP contribution is -2.28. The Kier molecular flexibility index (Phi) is 7.16. The highest BCUT2D eigenvalue weighted by atomic mass is 31.1. The Hall–Kier alpha value is 0.520. The van der Waals surface area contributed by atoms with Gasteiger partial charge in [0.1, 0.15) is 0 Å². The number of nitrogens with one attached hydrogen (secondary N) is 1. The fraction of sp³-hybridized carbons (Fsp3) is 1.00. The fourth-order valence-corrected chi connectivity index (χ4v) is 7.67. The van der Waals surface area contributed by atoms with Gasteiger partial charge < -0.3 is 5.23 Å². The molecule has 2 saturated carbocycles. The summed E-state index contributed by atoms with van der Waals surface area (Å²) in [7, 11) is 3.72. The molecule has 0 unspecified atom stereocenters. The van der Waals surface area contributed by atoms with Gasteiger partial charge in [-0.05, 0) is 49.7 Å². The molecule has 2 aliphatic rings. The Morgan fingerprint density at radius 3 is 1.83 bits per heavy atom. The summed E-state index contributed by atoms with van der Waals surface area (Å²) in [6.45, 7) is 1.29. The van der Waals surface area contributed by atoms with E-state index in [1.54, 1.807) is 25.7 Å². The first-order valence-electron chi connectivity index (χ1n) is 8.38. The standard InChI is InChI=1S/C14H30B2NP/c15-16-17-11-12-18(13-7-3-1-4-8-13)14-9-5-2-6-10-14/h13-14,16-17H,1-12,15H2. The monoisotopic (exact) mass is 265 g/mol. The van der Waals surface area contributed by atoms with Gasteiger partial charge in [0.25, 0.3) is 0 Å². The number of hydrogen-bond donors (Lipinski definition) is 1. The lowest BCUT2D eigenvalue weighted by Gasteiger charge is -2.38. The minimum absolute atomic E-state index is 0.329. The van der Waals surface area contributed by atoms with Crippen molar-refractivity contribution in [2.75, 3.05) is 12.7 Å². The maximum absolute atomic E-state index is 3.57. The van der Waals surface area contributed by atoms with E-state index in [-0.39, 0.29) is 0 Å². The Morgan fingerprint density at radius 1 is 0.889 bits per heavy atom. The van der Waals surface area contributed by atoms with Crippen LogP contribution in [0.1, 0.15) is 64.2 Å². The first-order chi connectivity index (χ1) is 8.92. The van der Waals surface area contributed by atoms with E-state index in [9.17, 15) is 0 Å². The molecule has 0 aromatic rings. The second-order valence-electron chi connectivity index (χ2n) is 6.18. The molecule has 2 fully saturated rings. The van der Waals surface area contributed by atoms with Crippen LogP contribution in [0.3, 0.4) is 0 Å². The lowest BCUT2D eigenvalue weighted by atomic mass is 9.67. The zero-order valence-electron chi connectivity index (χ0n) is 12.3. The second-order valence-corrected chi connectivity index (χ2v) is 9.11. The van der Waals surface area contributed by atoms with Crippen molar-refractivity contribution >= 4 is 23.0 Å². The Bertz CT molecular complexity index is 198. The van der Waals surface area contributed by atoms with Crippen molar-refractivity contribution < 1.29 is 0 Å². The van der Waals surface area contributed by atoms with Gasteiger partial charge in [-0.1, -0.05) is 46.4 Å². The van der Waals surface area contributed by atoms with Gasteiger partial charge in [0.15, 0.2) is 7.31 Å². The largest absolute Gasteiger partial charge is 0.366 e. The van der Waals surface area contributed by atoms with Crippen molar-refractivity contribution in [2.24, 2.45) is 0 Å². The molecule has 0 aromatic carbocycles. The van der Waals surface area contributed by atoms with Crippen LogP contribution in [0.25, 0.3) is 0 Å². The van der Waals surface area contributed by atoms with Crippen LogP contribution in [0.5, 0.6) is 0 Å². The van der Waals surface area contributed by atoms with E-state index in [2.05, 4.69) is 13.0 Å². The fourth-order valence-electron chi connectivity index (χ4n) is 3.87. The topological polar surface area (TPSA) is 12.0 Å². The summed E-state index contributed by atoms with van der Waals surface area (Å²) in [6, 6.07) is 0. The molecule has 4 heteroatoms. The van der Waals surface area contributed by atoms with Gasteiger partial charge in [-0.15, -0.1) is 0 Å². The minimum atomic E-state index is 0.329. The predicted octanol–water partition coefficient (Wildman–Crippen LogP) is 2.62. The lowest BCUT2D eigenvalue weighted by molar-refractivity contribution is 0.484. The third-order valence-corrected chi connectivity index (χ3v) is 8.53. The Balaban J connectivity index is 1.87. The summed E-state index contributed by atoms with van der Waals surface area (Å²) < 4.78 is 0. The third kappa shape index (κ3) is 4.57. The van der Waals surface area contributed by atoms with E-state index in [0.29, 0.717) is 7.92 Å². The van der Waals surface area contributed by atoms with Crippen LogP contribution in [0.4, 0.5) is 0 Å². The molecule has 1 N–H and O–H groups in total. The van der Waals surface area contributed by atoms with Gasteiger partial charge in [-0.25, -0.2) is 0 Å². The van der Waals surface area contributed by atoms with Crippen molar-refractivity contribution in [3.63, 3.8) is 0 Å². The third-order valence-electron chi connectivity index (χ3n) is 4.88. The van der Waals surface area contributed by atoms with Crippen molar-refractivity contribution in [3.8, 4) is 0 Å². The minimum Gasteiger partial charge on any atom is -0.366 e. The van der Waals surface area contributed by atoms with E-state index >= 15 is 0 Å². The smallest absolute Gasteiger partial charge is 0.157 e. The molecular formula is C14H30B2NP. The van der Waals surface area contributed by atoms with Crippen LogP contribution in [-0.4, -0.2) is 39.1 Å². The van der Waals surface area contributed by atoms with Crippen LogP contribution in [-0.2, 0) is 0 Å². The molecule has 18 heavy (non-hydrogen) atoms. The van der Waals surface area contributed by atoms with Gasteiger partial charge in [0, 0.05) is 0 Å². The number of hydrogen-bond acceptors (Lipinski definition) is 1. The van der Waals surface area contributed by atoms with E-state index in [1.807, 2.05) is 0 Å². The first-order valence-corrected chi connectivity index (χ1v) is 10.0. The van der Waals surface area contributed by atoms with Gasteiger partial charge in [-0.3, -0.25) is 0 Å². The van der Waals surface area contributed by atoms with Crippen molar-refractivity contribution in [1.29, 1.82) is 0 Å². The summed E-state index contributed by atoms with van der Waals surface area (Å²) in [6.07, 6.45) is 16.9. The van der Waals surface area contributed by atoms with Gasteiger partial charge in [-0.2, -0.15) is 0 Å². The van der Waals surface area contributed by atoms with Crippen molar-refractivity contribution in [3.05, 3.63) is 0 Å². The van der Waals surface area contributed by atoms with E-state index < -0.39 is 0 Å². The Labute approximate surface area is 117 Å². The molecule has 0 aliphatic heterocycles. The van der Waals surface area contributed by atoms with Crippen LogP contribution in [0.2, 0.25) is 0 Å². The maximum Gasteiger partial charge on any atom is 0.157 e. The summed E-state index contributed by atoms with van der Waals surface area (Å²) in [5, 5.41) is 3.57. The molecule has 0 amide bonds. The van der Waals surface area contributed by atoms with Gasteiger partial charge >= 0.3 is 0 Å². The van der Waals surface area contributed by atoms with Gasteiger partial charge in [0.05, 0.1) is 7.74 Å². The molecule has 2 rings (SSSR count). The molecule has 2 aliphatic carbocycles. The molecule has 0 saturated heterocycles. The summed E-state index contributed by atoms with van der Waals surface area (Å²) in [5.74, 6) is 0. The van der Waals surface area contributed by atoms with Gasteiger partial charge in [0.2, 0.25) is 0 Å². The molecule has 0 spiro atoms. The quantitative estimate of drug-likeness (QED) is 0.442. The molecule has 102 valence electrons. The van der Waals surface area contributed by atoms with Crippen LogP contribution < -0.4 is 5.23 Å². The molecule has 0 aromatic heterocycles. The maximum atomic E-state index is 3.57. The predicted molar refractivity (Wildman–Crippen MR) is 89.2 cm³/mol. The normalized spacial score (nSPS) is 23.4. The molecule has 0 atom stereocenters. The average Bonchev–Trinajstić information content (AvgIpc) is 2.46. The molecule has 0 heterocycles. The highest BCUT2D eigenvalue weighted by Crippen LogP contribution is 2.55. The summed E-state index contributed by atoms with van der Waals surface area (Å²) >= 11 is 0. The van der Waals surface area contributed by atoms with E-state index in [1.165, 1.54) is 51.2 Å². The highest BCUT2D eigenvalue weighted by molar-refractivity contribution is 7.59. The van der Waals surface area contributed by atoms with E-state index in [4.69, 9.17) is 0 Å². The highest BCUT2D eigenvalue weighted by Gasteiger charge is 2.30. The molecule has 0 bridgehead atoms. The Morgan fingerprint density at radius 2 is 1.39 bits per heavy atom. The SMILES string of the molecule is BBNCCP(C1CCCCC1)C1CCCCC1. The first kappa shape index (κ1) is 14.9. The van der Waals surface area contributed by atoms with Crippen LogP contribution >= 0.6 is 7.92 Å². The zero-order valence-corrected chi connectivity index (χ0v) is 13.2. The number of rotatable bonds is 6. The van der Waals surface area contributed by atoms with E-state index in [0.717, 1.165) is 18.6 Å².